The lowest BCUT2D eigenvalue weighted by atomic mass is 10.1. The summed E-state index contributed by atoms with van der Waals surface area (Å²) in [5, 5.41) is 9.26. The summed E-state index contributed by atoms with van der Waals surface area (Å²) < 4.78 is 10.2. The molecule has 0 atom stereocenters. The molecule has 0 aliphatic rings. The van der Waals surface area contributed by atoms with Gasteiger partial charge in [-0.2, -0.15) is 0 Å². The molecule has 5 nitrogen and oxygen atoms in total. The lowest BCUT2D eigenvalue weighted by Crippen LogP contribution is -2.10. The molecule has 0 saturated carbocycles. The third kappa shape index (κ3) is 4.86. The van der Waals surface area contributed by atoms with Gasteiger partial charge in [0.05, 0.1) is 7.11 Å². The minimum atomic E-state index is -1.09. The number of carboxylic acid groups (broad SMARTS) is 1. The van der Waals surface area contributed by atoms with Crippen molar-refractivity contribution >= 4 is 29.4 Å². The van der Waals surface area contributed by atoms with Gasteiger partial charge in [0.25, 0.3) is 0 Å². The fourth-order valence-corrected chi connectivity index (χ4v) is 2.05. The Morgan fingerprint density at radius 2 is 1.83 bits per heavy atom. The maximum atomic E-state index is 12.2. The molecule has 0 unspecified atom stereocenters. The number of carboxylic acids is 1. The van der Waals surface area contributed by atoms with Crippen LogP contribution in [-0.4, -0.2) is 30.6 Å². The Bertz CT molecular complexity index is 765. The summed E-state index contributed by atoms with van der Waals surface area (Å²) >= 11 is 5.81. The van der Waals surface area contributed by atoms with Gasteiger partial charge >= 0.3 is 5.97 Å². The number of carbonyl (C=O) groups excluding carboxylic acids is 1. The van der Waals surface area contributed by atoms with E-state index in [1.54, 1.807) is 36.4 Å². The van der Waals surface area contributed by atoms with Crippen molar-refractivity contribution in [2.75, 3.05) is 13.7 Å². The molecule has 0 aliphatic heterocycles. The summed E-state index contributed by atoms with van der Waals surface area (Å²) in [5.41, 5.74) is 1.25. The molecule has 2 aromatic carbocycles. The second-order valence-electron chi connectivity index (χ2n) is 4.80. The van der Waals surface area contributed by atoms with Crippen LogP contribution in [0.25, 0.3) is 6.08 Å². The first-order valence-electron chi connectivity index (χ1n) is 7.00. The van der Waals surface area contributed by atoms with Gasteiger partial charge in [0.2, 0.25) is 0 Å². The zero-order chi connectivity index (χ0) is 17.5. The van der Waals surface area contributed by atoms with Crippen LogP contribution in [0.4, 0.5) is 0 Å². The molecular weight excluding hydrogens is 332 g/mol. The number of methoxy groups -OCH3 is 1. The number of rotatable bonds is 7. The van der Waals surface area contributed by atoms with Gasteiger partial charge in [-0.05, 0) is 42.0 Å². The number of hydrogen-bond acceptors (Lipinski definition) is 4. The summed E-state index contributed by atoms with van der Waals surface area (Å²) in [6.07, 6.45) is 3.12. The van der Waals surface area contributed by atoms with Gasteiger partial charge < -0.3 is 14.6 Å². The molecule has 0 aromatic heterocycles. The first kappa shape index (κ1) is 17.6. The fourth-order valence-electron chi connectivity index (χ4n) is 1.92. The summed E-state index contributed by atoms with van der Waals surface area (Å²) in [4.78, 5) is 22.8. The number of ether oxygens (including phenoxy) is 2. The van der Waals surface area contributed by atoms with Gasteiger partial charge in [0.15, 0.2) is 23.9 Å². The lowest BCUT2D eigenvalue weighted by molar-refractivity contribution is -0.139. The molecular formula is C18H15ClO5. The molecule has 24 heavy (non-hydrogen) atoms. The van der Waals surface area contributed by atoms with E-state index in [4.69, 9.17) is 26.2 Å². The first-order chi connectivity index (χ1) is 11.5. The van der Waals surface area contributed by atoms with E-state index in [0.717, 1.165) is 5.56 Å². The quantitative estimate of drug-likeness (QED) is 0.611. The van der Waals surface area contributed by atoms with Crippen molar-refractivity contribution in [3.8, 4) is 11.5 Å². The summed E-state index contributed by atoms with van der Waals surface area (Å²) in [6, 6.07) is 11.6. The summed E-state index contributed by atoms with van der Waals surface area (Å²) in [5.74, 6) is -0.753. The molecule has 0 spiro atoms. The van der Waals surface area contributed by atoms with Gasteiger partial charge in [-0.15, -0.1) is 0 Å². The van der Waals surface area contributed by atoms with Crippen molar-refractivity contribution in [3.63, 3.8) is 0 Å². The molecule has 0 heterocycles. The molecule has 0 bridgehead atoms. The number of benzene rings is 2. The SMILES string of the molecule is COc1cc(C(=O)C=Cc2ccc(Cl)cc2)ccc1OCC(=O)O. The van der Waals surface area contributed by atoms with Crippen molar-refractivity contribution in [2.45, 2.75) is 0 Å². The minimum absolute atomic E-state index is 0.215. The van der Waals surface area contributed by atoms with Crippen molar-refractivity contribution in [1.82, 2.24) is 0 Å². The maximum Gasteiger partial charge on any atom is 0.341 e. The number of hydrogen-bond donors (Lipinski definition) is 1. The van der Waals surface area contributed by atoms with Crippen LogP contribution in [0.5, 0.6) is 11.5 Å². The first-order valence-corrected chi connectivity index (χ1v) is 7.38. The molecule has 0 aliphatic carbocycles. The predicted octanol–water partition coefficient (Wildman–Crippen LogP) is 3.71. The molecule has 0 fully saturated rings. The Labute approximate surface area is 144 Å². The molecule has 6 heteroatoms. The highest BCUT2D eigenvalue weighted by Gasteiger charge is 2.10. The van der Waals surface area contributed by atoms with E-state index < -0.39 is 12.6 Å². The van der Waals surface area contributed by atoms with Crippen molar-refractivity contribution < 1.29 is 24.2 Å². The largest absolute Gasteiger partial charge is 0.493 e. The zero-order valence-corrected chi connectivity index (χ0v) is 13.6. The lowest BCUT2D eigenvalue weighted by Gasteiger charge is -2.09. The normalized spacial score (nSPS) is 10.6. The molecule has 2 rings (SSSR count). The van der Waals surface area contributed by atoms with Crippen LogP contribution < -0.4 is 9.47 Å². The molecule has 0 amide bonds. The Hall–Kier alpha value is -2.79. The maximum absolute atomic E-state index is 12.2. The topological polar surface area (TPSA) is 72.8 Å². The standard InChI is InChI=1S/C18H15ClO5/c1-23-17-10-13(5-9-16(17)24-11-18(21)22)15(20)8-4-12-2-6-14(19)7-3-12/h2-10H,11H2,1H3,(H,21,22). The van der Waals surface area contributed by atoms with Crippen LogP contribution in [-0.2, 0) is 4.79 Å². The number of halogens is 1. The fraction of sp³-hybridized carbons (Fsp3) is 0.111. The van der Waals surface area contributed by atoms with Gasteiger partial charge in [-0.3, -0.25) is 4.79 Å². The number of carbonyl (C=O) groups is 2. The Morgan fingerprint density at radius 1 is 1.12 bits per heavy atom. The Kier molecular flexibility index (Phi) is 5.98. The summed E-state index contributed by atoms with van der Waals surface area (Å²) in [6.45, 7) is -0.486. The smallest absolute Gasteiger partial charge is 0.341 e. The molecule has 0 saturated heterocycles. The van der Waals surface area contributed by atoms with Gasteiger partial charge in [-0.1, -0.05) is 29.8 Å². The van der Waals surface area contributed by atoms with Gasteiger partial charge in [0, 0.05) is 10.6 Å². The van der Waals surface area contributed by atoms with Crippen molar-refractivity contribution in [2.24, 2.45) is 0 Å². The third-order valence-electron chi connectivity index (χ3n) is 3.10. The van der Waals surface area contributed by atoms with E-state index in [1.165, 1.54) is 25.3 Å². The highest BCUT2D eigenvalue weighted by atomic mass is 35.5. The average molecular weight is 347 g/mol. The zero-order valence-electron chi connectivity index (χ0n) is 12.9. The second-order valence-corrected chi connectivity index (χ2v) is 5.23. The third-order valence-corrected chi connectivity index (χ3v) is 3.35. The van der Waals surface area contributed by atoms with Crippen LogP contribution >= 0.6 is 11.6 Å². The summed E-state index contributed by atoms with van der Waals surface area (Å²) in [7, 11) is 1.42. The van der Waals surface area contributed by atoms with E-state index in [1.807, 2.05) is 0 Å². The highest BCUT2D eigenvalue weighted by molar-refractivity contribution is 6.30. The van der Waals surface area contributed by atoms with Crippen LogP contribution in [0.3, 0.4) is 0 Å². The van der Waals surface area contributed by atoms with Crippen LogP contribution in [0.2, 0.25) is 5.02 Å². The second kappa shape index (κ2) is 8.17. The Balaban J connectivity index is 2.14. The number of ketones is 1. The van der Waals surface area contributed by atoms with Crippen molar-refractivity contribution in [1.29, 1.82) is 0 Å². The van der Waals surface area contributed by atoms with Crippen molar-refractivity contribution in [3.05, 3.63) is 64.7 Å². The predicted molar refractivity (Wildman–Crippen MR) is 90.9 cm³/mol. The van der Waals surface area contributed by atoms with Crippen LogP contribution in [0, 0.1) is 0 Å². The molecule has 2 aromatic rings. The van der Waals surface area contributed by atoms with Crippen LogP contribution in [0.1, 0.15) is 15.9 Å². The molecule has 1 N–H and O–H groups in total. The van der Waals surface area contributed by atoms with Crippen LogP contribution in [0.15, 0.2) is 48.5 Å². The molecule has 124 valence electrons. The average Bonchev–Trinajstić information content (AvgIpc) is 2.59. The van der Waals surface area contributed by atoms with Gasteiger partial charge in [-0.25, -0.2) is 4.79 Å². The van der Waals surface area contributed by atoms with Gasteiger partial charge in [0.1, 0.15) is 0 Å². The van der Waals surface area contributed by atoms with E-state index in [-0.39, 0.29) is 11.5 Å². The van der Waals surface area contributed by atoms with E-state index in [9.17, 15) is 9.59 Å². The number of allylic oxidation sites excluding steroid dienone is 1. The van der Waals surface area contributed by atoms with E-state index in [2.05, 4.69) is 0 Å². The minimum Gasteiger partial charge on any atom is -0.493 e. The molecule has 0 radical (unpaired) electrons. The number of aliphatic carboxylic acids is 1. The van der Waals surface area contributed by atoms with E-state index in [0.29, 0.717) is 16.3 Å². The van der Waals surface area contributed by atoms with E-state index >= 15 is 0 Å². The Morgan fingerprint density at radius 3 is 2.46 bits per heavy atom. The monoisotopic (exact) mass is 346 g/mol. The highest BCUT2D eigenvalue weighted by Crippen LogP contribution is 2.28.